The SMILES string of the molecule is CC(C)C(NC(=O)c1ccccc1)C(=O)NNC(=O)c1cccnc1. The van der Waals surface area contributed by atoms with E-state index in [4.69, 9.17) is 0 Å². The second-order valence-electron chi connectivity index (χ2n) is 5.75. The molecule has 7 nitrogen and oxygen atoms in total. The lowest BCUT2D eigenvalue weighted by molar-refractivity contribution is -0.124. The fraction of sp³-hybridized carbons (Fsp3) is 0.222. The molecule has 3 N–H and O–H groups in total. The quantitative estimate of drug-likeness (QED) is 0.714. The highest BCUT2D eigenvalue weighted by molar-refractivity contribution is 5.99. The van der Waals surface area contributed by atoms with E-state index in [0.717, 1.165) is 0 Å². The second-order valence-corrected chi connectivity index (χ2v) is 5.75. The van der Waals surface area contributed by atoms with E-state index in [9.17, 15) is 14.4 Å². The minimum Gasteiger partial charge on any atom is -0.340 e. The first kappa shape index (κ1) is 18.1. The van der Waals surface area contributed by atoms with Gasteiger partial charge < -0.3 is 5.32 Å². The van der Waals surface area contributed by atoms with Crippen LogP contribution in [0.1, 0.15) is 34.6 Å². The molecule has 1 heterocycles. The molecule has 1 aromatic carbocycles. The van der Waals surface area contributed by atoms with E-state index in [1.165, 1.54) is 6.20 Å². The standard InChI is InChI=1S/C18H20N4O3/c1-12(2)15(20-16(23)13-7-4-3-5-8-13)18(25)22-21-17(24)14-9-6-10-19-11-14/h3-12,15H,1-2H3,(H,20,23)(H,21,24)(H,22,25). The van der Waals surface area contributed by atoms with Crippen LogP contribution in [-0.2, 0) is 4.79 Å². The molecule has 0 saturated heterocycles. The van der Waals surface area contributed by atoms with Gasteiger partial charge in [0.05, 0.1) is 5.56 Å². The first-order valence-corrected chi connectivity index (χ1v) is 7.85. The smallest absolute Gasteiger partial charge is 0.271 e. The Balaban J connectivity index is 1.96. The van der Waals surface area contributed by atoms with Crippen molar-refractivity contribution in [1.82, 2.24) is 21.2 Å². The highest BCUT2D eigenvalue weighted by atomic mass is 16.2. The molecule has 7 heteroatoms. The van der Waals surface area contributed by atoms with Crippen LogP contribution in [-0.4, -0.2) is 28.7 Å². The Morgan fingerprint density at radius 2 is 1.56 bits per heavy atom. The Hall–Kier alpha value is -3.22. The average Bonchev–Trinajstić information content (AvgIpc) is 2.64. The number of nitrogens with one attached hydrogen (secondary N) is 3. The third-order valence-electron chi connectivity index (χ3n) is 3.49. The summed E-state index contributed by atoms with van der Waals surface area (Å²) in [5.74, 6) is -1.51. The zero-order valence-corrected chi connectivity index (χ0v) is 14.0. The zero-order chi connectivity index (χ0) is 18.2. The summed E-state index contributed by atoms with van der Waals surface area (Å²) in [6, 6.07) is 11.0. The number of rotatable bonds is 5. The maximum absolute atomic E-state index is 12.3. The number of benzene rings is 1. The third kappa shape index (κ3) is 5.13. The van der Waals surface area contributed by atoms with Gasteiger partial charge in [0, 0.05) is 18.0 Å². The Kier molecular flexibility index (Phi) is 6.22. The Labute approximate surface area is 145 Å². The molecular formula is C18H20N4O3. The topological polar surface area (TPSA) is 100 Å². The van der Waals surface area contributed by atoms with Gasteiger partial charge in [0.15, 0.2) is 0 Å². The summed E-state index contributed by atoms with van der Waals surface area (Å²) in [5, 5.41) is 2.68. The fourth-order valence-corrected chi connectivity index (χ4v) is 2.11. The molecule has 1 unspecified atom stereocenters. The lowest BCUT2D eigenvalue weighted by atomic mass is 10.0. The van der Waals surface area contributed by atoms with Crippen molar-refractivity contribution in [3.8, 4) is 0 Å². The monoisotopic (exact) mass is 340 g/mol. The number of carbonyl (C=O) groups excluding carboxylic acids is 3. The van der Waals surface area contributed by atoms with E-state index >= 15 is 0 Å². The Bertz CT molecular complexity index is 733. The summed E-state index contributed by atoms with van der Waals surface area (Å²) in [6.45, 7) is 3.61. The van der Waals surface area contributed by atoms with Crippen LogP contribution in [0.5, 0.6) is 0 Å². The number of aromatic nitrogens is 1. The number of hydrogen-bond acceptors (Lipinski definition) is 4. The first-order valence-electron chi connectivity index (χ1n) is 7.85. The average molecular weight is 340 g/mol. The van der Waals surface area contributed by atoms with Crippen molar-refractivity contribution in [2.75, 3.05) is 0 Å². The molecule has 0 aliphatic heterocycles. The summed E-state index contributed by atoms with van der Waals surface area (Å²) in [6.07, 6.45) is 2.93. The van der Waals surface area contributed by atoms with Crippen molar-refractivity contribution >= 4 is 17.7 Å². The van der Waals surface area contributed by atoms with Crippen LogP contribution in [0.25, 0.3) is 0 Å². The number of pyridine rings is 1. The normalized spacial score (nSPS) is 11.5. The fourth-order valence-electron chi connectivity index (χ4n) is 2.11. The Morgan fingerprint density at radius 3 is 2.16 bits per heavy atom. The molecule has 0 radical (unpaired) electrons. The van der Waals surface area contributed by atoms with Gasteiger partial charge in [-0.15, -0.1) is 0 Å². The molecule has 0 aliphatic rings. The van der Waals surface area contributed by atoms with Crippen molar-refractivity contribution in [3.63, 3.8) is 0 Å². The molecule has 130 valence electrons. The number of amides is 3. The van der Waals surface area contributed by atoms with E-state index < -0.39 is 17.9 Å². The van der Waals surface area contributed by atoms with Crippen LogP contribution in [0.15, 0.2) is 54.9 Å². The summed E-state index contributed by atoms with van der Waals surface area (Å²) >= 11 is 0. The van der Waals surface area contributed by atoms with E-state index in [1.807, 2.05) is 0 Å². The molecule has 2 aromatic rings. The molecule has 25 heavy (non-hydrogen) atoms. The lowest BCUT2D eigenvalue weighted by Crippen LogP contribution is -2.54. The molecule has 0 spiro atoms. The molecule has 1 atom stereocenters. The summed E-state index contributed by atoms with van der Waals surface area (Å²) in [7, 11) is 0. The van der Waals surface area contributed by atoms with E-state index in [2.05, 4.69) is 21.2 Å². The third-order valence-corrected chi connectivity index (χ3v) is 3.49. The van der Waals surface area contributed by atoms with Crippen LogP contribution >= 0.6 is 0 Å². The molecule has 0 saturated carbocycles. The van der Waals surface area contributed by atoms with Gasteiger partial charge in [0.1, 0.15) is 6.04 Å². The van der Waals surface area contributed by atoms with Crippen molar-refractivity contribution < 1.29 is 14.4 Å². The van der Waals surface area contributed by atoms with Gasteiger partial charge in [-0.05, 0) is 30.2 Å². The second kappa shape index (κ2) is 8.58. The lowest BCUT2D eigenvalue weighted by Gasteiger charge is -2.21. The first-order chi connectivity index (χ1) is 12.0. The molecule has 0 fully saturated rings. The summed E-state index contributed by atoms with van der Waals surface area (Å²) < 4.78 is 0. The van der Waals surface area contributed by atoms with E-state index in [0.29, 0.717) is 11.1 Å². The van der Waals surface area contributed by atoms with E-state index in [-0.39, 0.29) is 11.8 Å². The maximum atomic E-state index is 12.3. The highest BCUT2D eigenvalue weighted by Gasteiger charge is 2.25. The van der Waals surface area contributed by atoms with Gasteiger partial charge >= 0.3 is 0 Å². The largest absolute Gasteiger partial charge is 0.340 e. The van der Waals surface area contributed by atoms with Crippen molar-refractivity contribution in [2.24, 2.45) is 5.92 Å². The van der Waals surface area contributed by atoms with Gasteiger partial charge in [-0.1, -0.05) is 32.0 Å². The number of hydrazine groups is 1. The van der Waals surface area contributed by atoms with Gasteiger partial charge in [-0.2, -0.15) is 0 Å². The van der Waals surface area contributed by atoms with Gasteiger partial charge in [-0.3, -0.25) is 30.2 Å². The minimum absolute atomic E-state index is 0.164. The Morgan fingerprint density at radius 1 is 0.880 bits per heavy atom. The summed E-state index contributed by atoms with van der Waals surface area (Å²) in [5.41, 5.74) is 5.43. The minimum atomic E-state index is -0.790. The molecular weight excluding hydrogens is 320 g/mol. The molecule has 1 aromatic heterocycles. The van der Waals surface area contributed by atoms with Crippen LogP contribution < -0.4 is 16.2 Å². The molecule has 0 bridgehead atoms. The van der Waals surface area contributed by atoms with Crippen molar-refractivity contribution in [3.05, 3.63) is 66.0 Å². The predicted molar refractivity (Wildman–Crippen MR) is 92.4 cm³/mol. The van der Waals surface area contributed by atoms with Crippen LogP contribution in [0.4, 0.5) is 0 Å². The maximum Gasteiger partial charge on any atom is 0.271 e. The van der Waals surface area contributed by atoms with Crippen LogP contribution in [0, 0.1) is 5.92 Å². The number of hydrogen-bond donors (Lipinski definition) is 3. The highest BCUT2D eigenvalue weighted by Crippen LogP contribution is 2.05. The van der Waals surface area contributed by atoms with Crippen LogP contribution in [0.3, 0.4) is 0 Å². The molecule has 3 amide bonds. The van der Waals surface area contributed by atoms with Gasteiger partial charge in [0.2, 0.25) is 0 Å². The van der Waals surface area contributed by atoms with E-state index in [1.54, 1.807) is 62.5 Å². The van der Waals surface area contributed by atoms with Crippen molar-refractivity contribution in [2.45, 2.75) is 19.9 Å². The predicted octanol–water partition coefficient (Wildman–Crippen LogP) is 1.30. The number of carbonyl (C=O) groups is 3. The van der Waals surface area contributed by atoms with Gasteiger partial charge in [-0.25, -0.2) is 0 Å². The molecule has 0 aliphatic carbocycles. The summed E-state index contributed by atoms with van der Waals surface area (Å²) in [4.78, 5) is 40.3. The van der Waals surface area contributed by atoms with Gasteiger partial charge in [0.25, 0.3) is 17.7 Å². The van der Waals surface area contributed by atoms with Crippen LogP contribution in [0.2, 0.25) is 0 Å². The number of nitrogens with zero attached hydrogens (tertiary/aromatic N) is 1. The zero-order valence-electron chi connectivity index (χ0n) is 14.0. The molecule has 2 rings (SSSR count). The van der Waals surface area contributed by atoms with Crippen molar-refractivity contribution in [1.29, 1.82) is 0 Å².